The zero-order valence-corrected chi connectivity index (χ0v) is 13.6. The fourth-order valence-corrected chi connectivity index (χ4v) is 2.27. The Bertz CT molecular complexity index is 919. The first kappa shape index (κ1) is 16.4. The molecule has 1 atom stereocenters. The van der Waals surface area contributed by atoms with Crippen LogP contribution in [0.4, 0.5) is 0 Å². The third-order valence-electron chi connectivity index (χ3n) is 3.58. The van der Waals surface area contributed by atoms with E-state index < -0.39 is 12.0 Å². The summed E-state index contributed by atoms with van der Waals surface area (Å²) in [5, 5.41) is 14.4. The summed E-state index contributed by atoms with van der Waals surface area (Å²) in [5.41, 5.74) is 3.61. The predicted octanol–water partition coefficient (Wildman–Crippen LogP) is 2.86. The highest BCUT2D eigenvalue weighted by molar-refractivity contribution is 5.87. The van der Waals surface area contributed by atoms with Crippen molar-refractivity contribution in [1.29, 1.82) is 0 Å². The minimum absolute atomic E-state index is 0.0895. The van der Waals surface area contributed by atoms with Crippen LogP contribution in [0.5, 0.6) is 11.5 Å². The van der Waals surface area contributed by atoms with Gasteiger partial charge in [0.05, 0.1) is 6.21 Å². The van der Waals surface area contributed by atoms with Crippen molar-refractivity contribution in [2.45, 2.75) is 13.0 Å². The fraction of sp³-hybridized carbons (Fsp3) is 0.105. The summed E-state index contributed by atoms with van der Waals surface area (Å²) >= 11 is 0. The SMILES string of the molecule is CC(Oc1cccc2cccnc12)C(=O)NN=Cc1ccccc1O. The molecule has 0 spiro atoms. The Labute approximate surface area is 144 Å². The van der Waals surface area contributed by atoms with Crippen LogP contribution < -0.4 is 10.2 Å². The number of hydrogen-bond donors (Lipinski definition) is 2. The molecule has 2 aromatic carbocycles. The van der Waals surface area contributed by atoms with Gasteiger partial charge in [-0.05, 0) is 31.2 Å². The van der Waals surface area contributed by atoms with Crippen molar-refractivity contribution >= 4 is 23.0 Å². The normalized spacial score (nSPS) is 12.2. The number of ether oxygens (including phenoxy) is 1. The highest BCUT2D eigenvalue weighted by Crippen LogP contribution is 2.23. The van der Waals surface area contributed by atoms with Gasteiger partial charge in [-0.1, -0.05) is 30.3 Å². The number of nitrogens with one attached hydrogen (secondary N) is 1. The maximum Gasteiger partial charge on any atom is 0.280 e. The summed E-state index contributed by atoms with van der Waals surface area (Å²) in [6.45, 7) is 1.63. The molecule has 6 heteroatoms. The van der Waals surface area contributed by atoms with Crippen molar-refractivity contribution in [2.24, 2.45) is 5.10 Å². The monoisotopic (exact) mass is 335 g/mol. The molecule has 25 heavy (non-hydrogen) atoms. The first-order valence-corrected chi connectivity index (χ1v) is 7.76. The van der Waals surface area contributed by atoms with Crippen LogP contribution in [0.25, 0.3) is 10.9 Å². The number of benzene rings is 2. The number of amides is 1. The predicted molar refractivity (Wildman–Crippen MR) is 95.7 cm³/mol. The van der Waals surface area contributed by atoms with Crippen molar-refractivity contribution in [3.63, 3.8) is 0 Å². The minimum atomic E-state index is -0.755. The van der Waals surface area contributed by atoms with Crippen molar-refractivity contribution in [1.82, 2.24) is 10.4 Å². The van der Waals surface area contributed by atoms with E-state index in [2.05, 4.69) is 15.5 Å². The lowest BCUT2D eigenvalue weighted by atomic mass is 10.2. The lowest BCUT2D eigenvalue weighted by molar-refractivity contribution is -0.127. The van der Waals surface area contributed by atoms with Crippen LogP contribution in [-0.2, 0) is 4.79 Å². The van der Waals surface area contributed by atoms with E-state index in [1.807, 2.05) is 24.3 Å². The third kappa shape index (κ3) is 3.92. The van der Waals surface area contributed by atoms with Crippen LogP contribution in [-0.4, -0.2) is 28.3 Å². The average Bonchev–Trinajstić information content (AvgIpc) is 2.63. The topological polar surface area (TPSA) is 83.8 Å². The van der Waals surface area contributed by atoms with E-state index in [-0.39, 0.29) is 5.75 Å². The molecule has 0 aliphatic carbocycles. The van der Waals surface area contributed by atoms with Gasteiger partial charge in [0, 0.05) is 17.1 Å². The number of hydrazone groups is 1. The molecule has 6 nitrogen and oxygen atoms in total. The molecule has 0 saturated carbocycles. The number of pyridine rings is 1. The number of nitrogens with zero attached hydrogens (tertiary/aromatic N) is 2. The summed E-state index contributed by atoms with van der Waals surface area (Å²) in [7, 11) is 0. The number of rotatable bonds is 5. The molecule has 3 aromatic rings. The van der Waals surface area contributed by atoms with E-state index in [0.717, 1.165) is 5.39 Å². The molecule has 1 heterocycles. The highest BCUT2D eigenvalue weighted by atomic mass is 16.5. The molecule has 126 valence electrons. The Balaban J connectivity index is 1.65. The molecule has 0 aliphatic rings. The van der Waals surface area contributed by atoms with E-state index in [0.29, 0.717) is 16.8 Å². The number of carbonyl (C=O) groups is 1. The molecular formula is C19H17N3O3. The van der Waals surface area contributed by atoms with Gasteiger partial charge in [-0.3, -0.25) is 9.78 Å². The second-order valence-corrected chi connectivity index (χ2v) is 5.38. The number of phenolic OH excluding ortho intramolecular Hbond substituents is 1. The molecule has 0 fully saturated rings. The smallest absolute Gasteiger partial charge is 0.280 e. The Morgan fingerprint density at radius 2 is 2.00 bits per heavy atom. The Kier molecular flexibility index (Phi) is 4.89. The summed E-state index contributed by atoms with van der Waals surface area (Å²) in [6.07, 6.45) is 2.30. The van der Waals surface area contributed by atoms with E-state index in [9.17, 15) is 9.90 Å². The number of aromatic nitrogens is 1. The largest absolute Gasteiger partial charge is 0.507 e. The highest BCUT2D eigenvalue weighted by Gasteiger charge is 2.15. The molecule has 1 aromatic heterocycles. The van der Waals surface area contributed by atoms with Crippen LogP contribution in [0.3, 0.4) is 0 Å². The second kappa shape index (κ2) is 7.44. The Morgan fingerprint density at radius 3 is 2.84 bits per heavy atom. The third-order valence-corrected chi connectivity index (χ3v) is 3.58. The number of phenols is 1. The second-order valence-electron chi connectivity index (χ2n) is 5.38. The van der Waals surface area contributed by atoms with Gasteiger partial charge in [-0.2, -0.15) is 5.10 Å². The first-order valence-electron chi connectivity index (χ1n) is 7.76. The van der Waals surface area contributed by atoms with Gasteiger partial charge in [0.1, 0.15) is 17.0 Å². The van der Waals surface area contributed by atoms with E-state index in [1.165, 1.54) is 6.21 Å². The molecule has 0 radical (unpaired) electrons. The maximum absolute atomic E-state index is 12.1. The van der Waals surface area contributed by atoms with Crippen molar-refractivity contribution in [2.75, 3.05) is 0 Å². The summed E-state index contributed by atoms with van der Waals surface area (Å²) in [6, 6.07) is 16.0. The Hall–Kier alpha value is -3.41. The molecule has 0 bridgehead atoms. The number of fused-ring (bicyclic) bond motifs is 1. The van der Waals surface area contributed by atoms with E-state index in [4.69, 9.17) is 4.74 Å². The minimum Gasteiger partial charge on any atom is -0.507 e. The number of aromatic hydroxyl groups is 1. The van der Waals surface area contributed by atoms with E-state index >= 15 is 0 Å². The van der Waals surface area contributed by atoms with Gasteiger partial charge in [0.15, 0.2) is 6.10 Å². The molecular weight excluding hydrogens is 318 g/mol. The standard InChI is InChI=1S/C19H17N3O3/c1-13(19(24)22-21-12-15-6-2-3-9-16(15)23)25-17-10-4-7-14-8-5-11-20-18(14)17/h2-13,23H,1H3,(H,22,24). The molecule has 3 rings (SSSR count). The number of para-hydroxylation sites is 2. The first-order chi connectivity index (χ1) is 12.1. The lowest BCUT2D eigenvalue weighted by Gasteiger charge is -2.14. The number of carbonyl (C=O) groups excluding carboxylic acids is 1. The average molecular weight is 335 g/mol. The molecule has 0 aliphatic heterocycles. The van der Waals surface area contributed by atoms with Crippen LogP contribution >= 0.6 is 0 Å². The van der Waals surface area contributed by atoms with Crippen molar-refractivity contribution < 1.29 is 14.6 Å². The van der Waals surface area contributed by atoms with Crippen LogP contribution in [0.1, 0.15) is 12.5 Å². The van der Waals surface area contributed by atoms with Gasteiger partial charge in [0.2, 0.25) is 0 Å². The zero-order valence-electron chi connectivity index (χ0n) is 13.6. The van der Waals surface area contributed by atoms with Crippen LogP contribution in [0, 0.1) is 0 Å². The van der Waals surface area contributed by atoms with E-state index in [1.54, 1.807) is 43.5 Å². The summed E-state index contributed by atoms with van der Waals surface area (Å²) in [5.74, 6) is 0.219. The zero-order chi connectivity index (χ0) is 17.6. The fourth-order valence-electron chi connectivity index (χ4n) is 2.27. The van der Waals surface area contributed by atoms with Gasteiger partial charge >= 0.3 is 0 Å². The van der Waals surface area contributed by atoms with Gasteiger partial charge in [0.25, 0.3) is 5.91 Å². The molecule has 0 saturated heterocycles. The van der Waals surface area contributed by atoms with Crippen molar-refractivity contribution in [3.8, 4) is 11.5 Å². The summed E-state index contributed by atoms with van der Waals surface area (Å²) < 4.78 is 5.72. The van der Waals surface area contributed by atoms with Crippen LogP contribution in [0.15, 0.2) is 65.9 Å². The lowest BCUT2D eigenvalue weighted by Crippen LogP contribution is -2.33. The molecule has 2 N–H and O–H groups in total. The Morgan fingerprint density at radius 1 is 1.20 bits per heavy atom. The molecule has 1 unspecified atom stereocenters. The van der Waals surface area contributed by atoms with Crippen LogP contribution in [0.2, 0.25) is 0 Å². The summed E-state index contributed by atoms with van der Waals surface area (Å²) in [4.78, 5) is 16.4. The maximum atomic E-state index is 12.1. The van der Waals surface area contributed by atoms with Gasteiger partial charge in [-0.15, -0.1) is 0 Å². The number of hydrogen-bond acceptors (Lipinski definition) is 5. The van der Waals surface area contributed by atoms with Gasteiger partial charge < -0.3 is 9.84 Å². The quantitative estimate of drug-likeness (QED) is 0.555. The molecule has 1 amide bonds. The van der Waals surface area contributed by atoms with Crippen molar-refractivity contribution in [3.05, 3.63) is 66.4 Å². The van der Waals surface area contributed by atoms with Gasteiger partial charge in [-0.25, -0.2) is 5.43 Å².